The minimum Gasteiger partial charge on any atom is -0.352 e. The number of benzene rings is 1. The number of nitrogens with zero attached hydrogens (tertiary/aromatic N) is 2. The molecule has 0 aliphatic heterocycles. The van der Waals surface area contributed by atoms with Crippen molar-refractivity contribution in [2.75, 3.05) is 30.4 Å². The van der Waals surface area contributed by atoms with E-state index in [9.17, 15) is 9.59 Å². The predicted molar refractivity (Wildman–Crippen MR) is 105 cm³/mol. The number of hydrogen-bond acceptors (Lipinski definition) is 4. The summed E-state index contributed by atoms with van der Waals surface area (Å²) < 4.78 is 0. The van der Waals surface area contributed by atoms with Crippen molar-refractivity contribution in [3.05, 3.63) is 53.2 Å². The summed E-state index contributed by atoms with van der Waals surface area (Å²) in [6, 6.07) is 9.36. The molecule has 26 heavy (non-hydrogen) atoms. The van der Waals surface area contributed by atoms with E-state index < -0.39 is 0 Å². The molecule has 0 spiro atoms. The highest BCUT2D eigenvalue weighted by Gasteiger charge is 2.12. The Labute approximate surface area is 154 Å². The number of carbonyl (C=O) groups excluding carboxylic acids is 2. The quantitative estimate of drug-likeness (QED) is 0.802. The summed E-state index contributed by atoms with van der Waals surface area (Å²) in [5, 5.41) is 5.77. The highest BCUT2D eigenvalue weighted by atomic mass is 16.2. The van der Waals surface area contributed by atoms with Crippen molar-refractivity contribution in [2.45, 2.75) is 27.2 Å². The average molecular weight is 354 g/mol. The number of amides is 2. The fraction of sp³-hybridized carbons (Fsp3) is 0.350. The van der Waals surface area contributed by atoms with E-state index in [1.54, 1.807) is 24.1 Å². The van der Waals surface area contributed by atoms with E-state index in [2.05, 4.69) is 15.6 Å². The van der Waals surface area contributed by atoms with E-state index in [4.69, 9.17) is 0 Å². The molecule has 2 amide bonds. The van der Waals surface area contributed by atoms with Crippen molar-refractivity contribution in [2.24, 2.45) is 0 Å². The number of carbonyl (C=O) groups is 2. The summed E-state index contributed by atoms with van der Waals surface area (Å²) in [5.41, 5.74) is 3.42. The molecule has 1 aromatic heterocycles. The number of nitrogens with one attached hydrogen (secondary N) is 2. The van der Waals surface area contributed by atoms with Gasteiger partial charge in [0.1, 0.15) is 5.82 Å². The van der Waals surface area contributed by atoms with E-state index in [0.717, 1.165) is 23.2 Å². The SMILES string of the molecule is CCCNC(=O)c1ccc(N(C)CC(=O)Nc2c(C)cccc2C)nc1. The maximum Gasteiger partial charge on any atom is 0.252 e. The molecule has 6 nitrogen and oxygen atoms in total. The standard InChI is InChI=1S/C20H26N4O2/c1-5-11-21-20(26)16-9-10-17(22-12-16)24(4)13-18(25)23-19-14(2)7-6-8-15(19)3/h6-10,12H,5,11,13H2,1-4H3,(H,21,26)(H,23,25). The monoisotopic (exact) mass is 354 g/mol. The smallest absolute Gasteiger partial charge is 0.252 e. The molecular formula is C20H26N4O2. The second kappa shape index (κ2) is 8.99. The molecule has 2 rings (SSSR count). The fourth-order valence-corrected chi connectivity index (χ4v) is 2.57. The first-order valence-electron chi connectivity index (χ1n) is 8.73. The number of aromatic nitrogens is 1. The number of pyridine rings is 1. The Hall–Kier alpha value is -2.89. The Morgan fingerprint density at radius 1 is 1.12 bits per heavy atom. The van der Waals surface area contributed by atoms with E-state index in [0.29, 0.717) is 17.9 Å². The predicted octanol–water partition coefficient (Wildman–Crippen LogP) is 2.91. The second-order valence-corrected chi connectivity index (χ2v) is 6.33. The molecule has 1 aromatic carbocycles. The van der Waals surface area contributed by atoms with Crippen molar-refractivity contribution < 1.29 is 9.59 Å². The van der Waals surface area contributed by atoms with Crippen LogP contribution in [0, 0.1) is 13.8 Å². The number of para-hydroxylation sites is 1. The highest BCUT2D eigenvalue weighted by molar-refractivity contribution is 5.96. The van der Waals surface area contributed by atoms with Crippen LogP contribution in [0.1, 0.15) is 34.8 Å². The lowest BCUT2D eigenvalue weighted by Crippen LogP contribution is -2.31. The van der Waals surface area contributed by atoms with Crippen molar-refractivity contribution in [3.63, 3.8) is 0 Å². The van der Waals surface area contributed by atoms with Crippen LogP contribution in [0.4, 0.5) is 11.5 Å². The first-order chi connectivity index (χ1) is 12.4. The molecule has 0 saturated carbocycles. The molecule has 0 fully saturated rings. The fourth-order valence-electron chi connectivity index (χ4n) is 2.57. The van der Waals surface area contributed by atoms with Crippen LogP contribution in [0.25, 0.3) is 0 Å². The van der Waals surface area contributed by atoms with Gasteiger partial charge >= 0.3 is 0 Å². The first-order valence-corrected chi connectivity index (χ1v) is 8.73. The Morgan fingerprint density at radius 2 is 1.81 bits per heavy atom. The molecule has 0 atom stereocenters. The highest BCUT2D eigenvalue weighted by Crippen LogP contribution is 2.19. The topological polar surface area (TPSA) is 74.3 Å². The summed E-state index contributed by atoms with van der Waals surface area (Å²) in [7, 11) is 1.80. The molecule has 0 aliphatic carbocycles. The Bertz CT molecular complexity index is 752. The largest absolute Gasteiger partial charge is 0.352 e. The van der Waals surface area contributed by atoms with E-state index in [1.165, 1.54) is 6.20 Å². The lowest BCUT2D eigenvalue weighted by atomic mass is 10.1. The zero-order valence-corrected chi connectivity index (χ0v) is 15.8. The normalized spacial score (nSPS) is 10.3. The van der Waals surface area contributed by atoms with Gasteiger partial charge < -0.3 is 15.5 Å². The van der Waals surface area contributed by atoms with Gasteiger partial charge in [-0.2, -0.15) is 0 Å². The Morgan fingerprint density at radius 3 is 2.38 bits per heavy atom. The lowest BCUT2D eigenvalue weighted by Gasteiger charge is -2.19. The number of aryl methyl sites for hydroxylation is 2. The van der Waals surface area contributed by atoms with Crippen LogP contribution in [0.15, 0.2) is 36.5 Å². The van der Waals surface area contributed by atoms with Crippen LogP contribution in [-0.4, -0.2) is 36.9 Å². The van der Waals surface area contributed by atoms with Gasteiger partial charge in [0, 0.05) is 25.5 Å². The number of hydrogen-bond donors (Lipinski definition) is 2. The molecule has 2 N–H and O–H groups in total. The van der Waals surface area contributed by atoms with E-state index >= 15 is 0 Å². The Kier molecular flexibility index (Phi) is 6.72. The van der Waals surface area contributed by atoms with Crippen LogP contribution in [0.5, 0.6) is 0 Å². The van der Waals surface area contributed by atoms with Gasteiger partial charge in [0.2, 0.25) is 5.91 Å². The molecule has 2 aromatic rings. The molecule has 0 saturated heterocycles. The number of rotatable bonds is 7. The molecule has 0 radical (unpaired) electrons. The van der Waals surface area contributed by atoms with Gasteiger partial charge in [0.25, 0.3) is 5.91 Å². The molecule has 0 bridgehead atoms. The summed E-state index contributed by atoms with van der Waals surface area (Å²) in [6.07, 6.45) is 2.41. The summed E-state index contributed by atoms with van der Waals surface area (Å²) >= 11 is 0. The summed E-state index contributed by atoms with van der Waals surface area (Å²) in [4.78, 5) is 30.3. The second-order valence-electron chi connectivity index (χ2n) is 6.33. The van der Waals surface area contributed by atoms with Crippen LogP contribution in [-0.2, 0) is 4.79 Å². The minimum absolute atomic E-state index is 0.114. The molecule has 0 unspecified atom stereocenters. The van der Waals surface area contributed by atoms with Crippen LogP contribution in [0.3, 0.4) is 0 Å². The summed E-state index contributed by atoms with van der Waals surface area (Å²) in [5.74, 6) is 0.381. The zero-order chi connectivity index (χ0) is 19.1. The van der Waals surface area contributed by atoms with Gasteiger partial charge in [-0.25, -0.2) is 4.98 Å². The number of likely N-dealkylation sites (N-methyl/N-ethyl adjacent to an activating group) is 1. The van der Waals surface area contributed by atoms with Crippen LogP contribution in [0.2, 0.25) is 0 Å². The third kappa shape index (κ3) is 5.05. The van der Waals surface area contributed by atoms with Gasteiger partial charge in [0.15, 0.2) is 0 Å². The van der Waals surface area contributed by atoms with E-state index in [1.807, 2.05) is 39.0 Å². The lowest BCUT2D eigenvalue weighted by molar-refractivity contribution is -0.114. The van der Waals surface area contributed by atoms with Gasteiger partial charge in [0.05, 0.1) is 12.1 Å². The summed E-state index contributed by atoms with van der Waals surface area (Å²) in [6.45, 7) is 6.74. The number of anilines is 2. The molecule has 138 valence electrons. The van der Waals surface area contributed by atoms with Crippen molar-refractivity contribution >= 4 is 23.3 Å². The van der Waals surface area contributed by atoms with E-state index in [-0.39, 0.29) is 18.4 Å². The van der Waals surface area contributed by atoms with Crippen molar-refractivity contribution in [1.82, 2.24) is 10.3 Å². The van der Waals surface area contributed by atoms with Gasteiger partial charge in [-0.05, 0) is 43.5 Å². The maximum absolute atomic E-state index is 12.3. The van der Waals surface area contributed by atoms with Crippen LogP contribution >= 0.6 is 0 Å². The molecule has 1 heterocycles. The molecule has 0 aliphatic rings. The molecule has 6 heteroatoms. The van der Waals surface area contributed by atoms with Gasteiger partial charge in [-0.1, -0.05) is 25.1 Å². The van der Waals surface area contributed by atoms with Crippen molar-refractivity contribution in [3.8, 4) is 0 Å². The average Bonchev–Trinajstić information content (AvgIpc) is 2.63. The van der Waals surface area contributed by atoms with Crippen LogP contribution < -0.4 is 15.5 Å². The molecular weight excluding hydrogens is 328 g/mol. The zero-order valence-electron chi connectivity index (χ0n) is 15.8. The first kappa shape index (κ1) is 19.4. The van der Waals surface area contributed by atoms with Gasteiger partial charge in [-0.3, -0.25) is 9.59 Å². The third-order valence-electron chi connectivity index (χ3n) is 4.06. The third-order valence-corrected chi connectivity index (χ3v) is 4.06. The van der Waals surface area contributed by atoms with Gasteiger partial charge in [-0.15, -0.1) is 0 Å². The van der Waals surface area contributed by atoms with Crippen molar-refractivity contribution in [1.29, 1.82) is 0 Å². The Balaban J connectivity index is 1.97. The maximum atomic E-state index is 12.3. The minimum atomic E-state index is -0.138.